The number of Topliss-reactive ketones (excluding diaryl/α,β-unsaturated/α-hetero) is 1. The Labute approximate surface area is 122 Å². The third-order valence-corrected chi connectivity index (χ3v) is 3.13. The van der Waals surface area contributed by atoms with E-state index in [0.717, 1.165) is 4.47 Å². The van der Waals surface area contributed by atoms with Crippen LogP contribution in [0.15, 0.2) is 35.1 Å². The Hall–Kier alpha value is -1.76. The van der Waals surface area contributed by atoms with Gasteiger partial charge in [-0.25, -0.2) is 4.98 Å². The standard InChI is InChI=1S/C13H11BrF2N2O2/c1-8(19)10-6-9(14)2-3-11(10)20-7-12-17-4-5-18(12)13(15)16/h2-6,13H,7H2,1H3. The van der Waals surface area contributed by atoms with E-state index >= 15 is 0 Å². The summed E-state index contributed by atoms with van der Waals surface area (Å²) in [5.74, 6) is 0.264. The van der Waals surface area contributed by atoms with E-state index in [4.69, 9.17) is 4.74 Å². The average molecular weight is 345 g/mol. The Kier molecular flexibility index (Phi) is 4.49. The van der Waals surface area contributed by atoms with E-state index < -0.39 is 6.55 Å². The maximum absolute atomic E-state index is 12.7. The van der Waals surface area contributed by atoms with Gasteiger partial charge in [-0.05, 0) is 25.1 Å². The minimum atomic E-state index is -2.67. The largest absolute Gasteiger partial charge is 0.485 e. The summed E-state index contributed by atoms with van der Waals surface area (Å²) in [6, 6.07) is 4.94. The highest BCUT2D eigenvalue weighted by Crippen LogP contribution is 2.25. The average Bonchev–Trinajstić information content (AvgIpc) is 2.85. The van der Waals surface area contributed by atoms with Crippen molar-refractivity contribution >= 4 is 21.7 Å². The number of ketones is 1. The van der Waals surface area contributed by atoms with E-state index in [0.29, 0.717) is 15.9 Å². The zero-order chi connectivity index (χ0) is 14.7. The van der Waals surface area contributed by atoms with Crippen LogP contribution in [0.25, 0.3) is 0 Å². The summed E-state index contributed by atoms with van der Waals surface area (Å²) in [7, 11) is 0. The molecule has 0 bridgehead atoms. The van der Waals surface area contributed by atoms with Gasteiger partial charge in [0.1, 0.15) is 12.4 Å². The molecule has 0 atom stereocenters. The number of hydrogen-bond donors (Lipinski definition) is 0. The lowest BCUT2D eigenvalue weighted by atomic mass is 10.1. The second kappa shape index (κ2) is 6.13. The minimum absolute atomic E-state index is 0.0948. The molecule has 1 aromatic carbocycles. The smallest absolute Gasteiger partial charge is 0.320 e. The predicted octanol–water partition coefficient (Wildman–Crippen LogP) is 3.82. The van der Waals surface area contributed by atoms with Crippen molar-refractivity contribution < 1.29 is 18.3 Å². The molecule has 0 amide bonds. The van der Waals surface area contributed by atoms with Gasteiger partial charge in [-0.1, -0.05) is 15.9 Å². The zero-order valence-corrected chi connectivity index (χ0v) is 12.1. The molecule has 1 heterocycles. The molecular formula is C13H11BrF2N2O2. The number of halogens is 3. The molecule has 20 heavy (non-hydrogen) atoms. The van der Waals surface area contributed by atoms with Crippen molar-refractivity contribution in [3.8, 4) is 5.75 Å². The van der Waals surface area contributed by atoms with Crippen LogP contribution >= 0.6 is 15.9 Å². The molecule has 106 valence electrons. The molecule has 7 heteroatoms. The van der Waals surface area contributed by atoms with Gasteiger partial charge in [-0.3, -0.25) is 9.36 Å². The number of carbonyl (C=O) groups excluding carboxylic acids is 1. The molecule has 0 aliphatic carbocycles. The van der Waals surface area contributed by atoms with Crippen LogP contribution in [-0.2, 0) is 6.61 Å². The van der Waals surface area contributed by atoms with Crippen LogP contribution in [0.3, 0.4) is 0 Å². The Morgan fingerprint density at radius 3 is 2.90 bits per heavy atom. The molecule has 4 nitrogen and oxygen atoms in total. The maximum atomic E-state index is 12.7. The molecule has 2 aromatic rings. The van der Waals surface area contributed by atoms with Gasteiger partial charge in [0.05, 0.1) is 5.56 Å². The van der Waals surface area contributed by atoms with E-state index in [9.17, 15) is 13.6 Å². The van der Waals surface area contributed by atoms with Crippen molar-refractivity contribution in [3.63, 3.8) is 0 Å². The van der Waals surface area contributed by atoms with Crippen LogP contribution in [0.2, 0.25) is 0 Å². The monoisotopic (exact) mass is 344 g/mol. The third kappa shape index (κ3) is 3.22. The molecule has 0 saturated carbocycles. The first-order chi connectivity index (χ1) is 9.49. The number of hydrogen-bond acceptors (Lipinski definition) is 3. The Morgan fingerprint density at radius 1 is 1.50 bits per heavy atom. The van der Waals surface area contributed by atoms with Crippen LogP contribution in [0.4, 0.5) is 8.78 Å². The van der Waals surface area contributed by atoms with E-state index in [-0.39, 0.29) is 18.2 Å². The summed E-state index contributed by atoms with van der Waals surface area (Å²) < 4.78 is 32.2. The molecule has 0 radical (unpaired) electrons. The zero-order valence-electron chi connectivity index (χ0n) is 10.5. The van der Waals surface area contributed by atoms with Gasteiger partial charge in [-0.15, -0.1) is 0 Å². The minimum Gasteiger partial charge on any atom is -0.485 e. The number of alkyl halides is 2. The van der Waals surface area contributed by atoms with Crippen LogP contribution in [-0.4, -0.2) is 15.3 Å². The highest BCUT2D eigenvalue weighted by Gasteiger charge is 2.14. The highest BCUT2D eigenvalue weighted by atomic mass is 79.9. The van der Waals surface area contributed by atoms with Crippen LogP contribution < -0.4 is 4.74 Å². The van der Waals surface area contributed by atoms with Crippen molar-refractivity contribution in [1.82, 2.24) is 9.55 Å². The van der Waals surface area contributed by atoms with E-state index in [1.54, 1.807) is 18.2 Å². The molecule has 1 aromatic heterocycles. The summed E-state index contributed by atoms with van der Waals surface area (Å²) in [6.07, 6.45) is 2.45. The van der Waals surface area contributed by atoms with Gasteiger partial charge < -0.3 is 4.74 Å². The second-order valence-corrected chi connectivity index (χ2v) is 4.93. The number of rotatable bonds is 5. The SMILES string of the molecule is CC(=O)c1cc(Br)ccc1OCc1nccn1C(F)F. The highest BCUT2D eigenvalue weighted by molar-refractivity contribution is 9.10. The Morgan fingerprint density at radius 2 is 2.25 bits per heavy atom. The number of nitrogens with zero attached hydrogens (tertiary/aromatic N) is 2. The van der Waals surface area contributed by atoms with Gasteiger partial charge in [0, 0.05) is 16.9 Å². The third-order valence-electron chi connectivity index (χ3n) is 2.64. The predicted molar refractivity (Wildman–Crippen MR) is 72.0 cm³/mol. The van der Waals surface area contributed by atoms with Crippen LogP contribution in [0, 0.1) is 0 Å². The van der Waals surface area contributed by atoms with E-state index in [1.165, 1.54) is 19.3 Å². The van der Waals surface area contributed by atoms with Gasteiger partial charge in [-0.2, -0.15) is 8.78 Å². The molecular weight excluding hydrogens is 334 g/mol. The first-order valence-electron chi connectivity index (χ1n) is 5.72. The quantitative estimate of drug-likeness (QED) is 0.774. The van der Waals surface area contributed by atoms with Gasteiger partial charge in [0.25, 0.3) is 0 Å². The topological polar surface area (TPSA) is 44.1 Å². The number of carbonyl (C=O) groups is 1. The van der Waals surface area contributed by atoms with Crippen LogP contribution in [0.5, 0.6) is 5.75 Å². The van der Waals surface area contributed by atoms with E-state index in [2.05, 4.69) is 20.9 Å². The maximum Gasteiger partial charge on any atom is 0.320 e. The van der Waals surface area contributed by atoms with Crippen LogP contribution in [0.1, 0.15) is 29.7 Å². The number of ether oxygens (including phenoxy) is 1. The fraction of sp³-hybridized carbons (Fsp3) is 0.231. The Bertz CT molecular complexity index is 629. The molecule has 2 rings (SSSR count). The second-order valence-electron chi connectivity index (χ2n) is 4.01. The van der Waals surface area contributed by atoms with Gasteiger partial charge in [0.2, 0.25) is 0 Å². The molecule has 0 spiro atoms. The van der Waals surface area contributed by atoms with Crippen molar-refractivity contribution in [2.24, 2.45) is 0 Å². The lowest BCUT2D eigenvalue weighted by molar-refractivity contribution is 0.0631. The molecule has 0 fully saturated rings. The van der Waals surface area contributed by atoms with Gasteiger partial charge in [0.15, 0.2) is 11.6 Å². The first-order valence-corrected chi connectivity index (χ1v) is 6.51. The summed E-state index contributed by atoms with van der Waals surface area (Å²) in [5.41, 5.74) is 0.384. The first kappa shape index (κ1) is 14.6. The lowest BCUT2D eigenvalue weighted by Crippen LogP contribution is -2.08. The number of aromatic nitrogens is 2. The summed E-state index contributed by atoms with van der Waals surface area (Å²) in [5, 5.41) is 0. The van der Waals surface area contributed by atoms with E-state index in [1.807, 2.05) is 0 Å². The molecule has 0 N–H and O–H groups in total. The fourth-order valence-electron chi connectivity index (χ4n) is 1.68. The normalized spacial score (nSPS) is 10.8. The van der Waals surface area contributed by atoms with Gasteiger partial charge >= 0.3 is 6.55 Å². The summed E-state index contributed by atoms with van der Waals surface area (Å²) in [4.78, 5) is 15.3. The Balaban J connectivity index is 2.19. The lowest BCUT2D eigenvalue weighted by Gasteiger charge is -2.11. The van der Waals surface area contributed by atoms with Crippen molar-refractivity contribution in [2.75, 3.05) is 0 Å². The number of benzene rings is 1. The molecule has 0 aliphatic rings. The fourth-order valence-corrected chi connectivity index (χ4v) is 2.04. The van der Waals surface area contributed by atoms with Crippen molar-refractivity contribution in [2.45, 2.75) is 20.1 Å². The summed E-state index contributed by atoms with van der Waals surface area (Å²) in [6.45, 7) is -1.40. The molecule has 0 unspecified atom stereocenters. The molecule has 0 aliphatic heterocycles. The van der Waals surface area contributed by atoms with Crippen molar-refractivity contribution in [3.05, 3.63) is 46.5 Å². The molecule has 0 saturated heterocycles. The van der Waals surface area contributed by atoms with Crippen molar-refractivity contribution in [1.29, 1.82) is 0 Å². The summed E-state index contributed by atoms with van der Waals surface area (Å²) >= 11 is 3.26. The number of imidazole rings is 1.